The molecule has 0 bridgehead atoms. The van der Waals surface area contributed by atoms with Crippen molar-refractivity contribution in [3.63, 3.8) is 0 Å². The Morgan fingerprint density at radius 2 is 1.79 bits per heavy atom. The summed E-state index contributed by atoms with van der Waals surface area (Å²) in [6.07, 6.45) is 5.99. The zero-order valence-electron chi connectivity index (χ0n) is 14.7. The van der Waals surface area contributed by atoms with E-state index in [1.807, 2.05) is 24.3 Å². The summed E-state index contributed by atoms with van der Waals surface area (Å²) < 4.78 is 5.46. The minimum Gasteiger partial charge on any atom is -0.385 e. The number of aliphatic hydroxyl groups is 1. The molecule has 24 heavy (non-hydrogen) atoms. The summed E-state index contributed by atoms with van der Waals surface area (Å²) in [4.78, 5) is 2.43. The quantitative estimate of drug-likeness (QED) is 0.867. The van der Waals surface area contributed by atoms with E-state index in [4.69, 9.17) is 16.3 Å². The molecule has 0 spiro atoms. The topological polar surface area (TPSA) is 32.7 Å². The van der Waals surface area contributed by atoms with E-state index < -0.39 is 5.60 Å². The fourth-order valence-electron chi connectivity index (χ4n) is 4.49. The van der Waals surface area contributed by atoms with Gasteiger partial charge in [0.2, 0.25) is 0 Å². The standard InChI is InChI=1S/C20H30ClNO2/c1-16(15-22-11-13-24-14-12-22)20(23,17-5-3-2-4-6-17)18-7-9-19(21)10-8-18/h7-10,16-17,23H,2-6,11-15H2,1H3. The third-order valence-corrected chi connectivity index (χ3v) is 6.17. The van der Waals surface area contributed by atoms with Crippen LogP contribution in [0.1, 0.15) is 44.6 Å². The van der Waals surface area contributed by atoms with Crippen LogP contribution in [-0.2, 0) is 10.3 Å². The van der Waals surface area contributed by atoms with Crippen LogP contribution in [0.5, 0.6) is 0 Å². The monoisotopic (exact) mass is 351 g/mol. The van der Waals surface area contributed by atoms with Crippen molar-refractivity contribution >= 4 is 11.6 Å². The number of hydrogen-bond donors (Lipinski definition) is 1. The highest BCUT2D eigenvalue weighted by molar-refractivity contribution is 6.30. The maximum absolute atomic E-state index is 11.9. The largest absolute Gasteiger partial charge is 0.385 e. The van der Waals surface area contributed by atoms with E-state index in [1.54, 1.807) is 0 Å². The number of ether oxygens (including phenoxy) is 1. The molecule has 1 aromatic carbocycles. The molecule has 2 unspecified atom stereocenters. The summed E-state index contributed by atoms with van der Waals surface area (Å²) in [6, 6.07) is 7.86. The molecule has 0 radical (unpaired) electrons. The minimum atomic E-state index is -0.774. The maximum Gasteiger partial charge on any atom is 0.0962 e. The average molecular weight is 352 g/mol. The predicted octanol–water partition coefficient (Wildman–Crippen LogP) is 4.08. The number of benzene rings is 1. The first-order valence-electron chi connectivity index (χ1n) is 9.39. The maximum atomic E-state index is 11.9. The summed E-state index contributed by atoms with van der Waals surface area (Å²) in [5.74, 6) is 0.517. The lowest BCUT2D eigenvalue weighted by molar-refractivity contribution is -0.0961. The van der Waals surface area contributed by atoms with Crippen LogP contribution in [0.4, 0.5) is 0 Å². The van der Waals surface area contributed by atoms with E-state index >= 15 is 0 Å². The zero-order valence-corrected chi connectivity index (χ0v) is 15.5. The van der Waals surface area contributed by atoms with Gasteiger partial charge in [0.15, 0.2) is 0 Å². The Balaban J connectivity index is 1.83. The van der Waals surface area contributed by atoms with Gasteiger partial charge in [-0.05, 0) is 36.5 Å². The lowest BCUT2D eigenvalue weighted by Crippen LogP contribution is -2.48. The van der Waals surface area contributed by atoms with Gasteiger partial charge < -0.3 is 9.84 Å². The number of rotatable bonds is 5. The molecule has 1 heterocycles. The first kappa shape index (κ1) is 18.2. The van der Waals surface area contributed by atoms with Crippen LogP contribution in [0.3, 0.4) is 0 Å². The summed E-state index contributed by atoms with van der Waals surface area (Å²) in [5, 5.41) is 12.6. The van der Waals surface area contributed by atoms with Crippen molar-refractivity contribution in [1.82, 2.24) is 4.90 Å². The van der Waals surface area contributed by atoms with Crippen LogP contribution >= 0.6 is 11.6 Å². The second kappa shape index (κ2) is 8.18. The first-order valence-corrected chi connectivity index (χ1v) is 9.77. The molecule has 3 nitrogen and oxygen atoms in total. The Morgan fingerprint density at radius 3 is 2.42 bits per heavy atom. The van der Waals surface area contributed by atoms with Gasteiger partial charge in [-0.25, -0.2) is 0 Å². The van der Waals surface area contributed by atoms with Crippen LogP contribution in [0.2, 0.25) is 5.02 Å². The van der Waals surface area contributed by atoms with Crippen molar-refractivity contribution < 1.29 is 9.84 Å². The fraction of sp³-hybridized carbons (Fsp3) is 0.700. The molecule has 2 aliphatic rings. The Kier molecular flexibility index (Phi) is 6.20. The zero-order chi connectivity index (χ0) is 17.0. The van der Waals surface area contributed by atoms with Gasteiger partial charge in [-0.1, -0.05) is 49.9 Å². The van der Waals surface area contributed by atoms with E-state index in [0.717, 1.165) is 56.3 Å². The summed E-state index contributed by atoms with van der Waals surface area (Å²) in [5.41, 5.74) is 0.253. The third kappa shape index (κ3) is 3.96. The van der Waals surface area contributed by atoms with Crippen LogP contribution < -0.4 is 0 Å². The number of halogens is 1. The third-order valence-electron chi connectivity index (χ3n) is 5.92. The average Bonchev–Trinajstić information content (AvgIpc) is 2.63. The Labute approximate surface area is 150 Å². The summed E-state index contributed by atoms with van der Waals surface area (Å²) in [6.45, 7) is 6.65. The van der Waals surface area contributed by atoms with Gasteiger partial charge in [0.25, 0.3) is 0 Å². The van der Waals surface area contributed by atoms with E-state index in [9.17, 15) is 5.11 Å². The minimum absolute atomic E-state index is 0.180. The van der Waals surface area contributed by atoms with Crippen molar-refractivity contribution in [2.75, 3.05) is 32.8 Å². The second-order valence-corrected chi connectivity index (χ2v) is 7.92. The molecule has 1 saturated carbocycles. The van der Waals surface area contributed by atoms with Gasteiger partial charge in [-0.2, -0.15) is 0 Å². The Morgan fingerprint density at radius 1 is 1.17 bits per heavy atom. The number of hydrogen-bond acceptors (Lipinski definition) is 3. The van der Waals surface area contributed by atoms with Crippen molar-refractivity contribution in [1.29, 1.82) is 0 Å². The molecular formula is C20H30ClNO2. The molecule has 2 fully saturated rings. The molecule has 1 aliphatic carbocycles. The fourth-order valence-corrected chi connectivity index (χ4v) is 4.62. The lowest BCUT2D eigenvalue weighted by atomic mass is 9.67. The molecule has 134 valence electrons. The SMILES string of the molecule is CC(CN1CCOCC1)C(O)(c1ccc(Cl)cc1)C1CCCCC1. The molecule has 3 rings (SSSR count). The van der Waals surface area contributed by atoms with Crippen LogP contribution in [-0.4, -0.2) is 42.9 Å². The van der Waals surface area contributed by atoms with Crippen LogP contribution in [0.25, 0.3) is 0 Å². The molecule has 1 aromatic rings. The van der Waals surface area contributed by atoms with Crippen LogP contribution in [0, 0.1) is 11.8 Å². The lowest BCUT2D eigenvalue weighted by Gasteiger charge is -2.45. The van der Waals surface area contributed by atoms with Gasteiger partial charge >= 0.3 is 0 Å². The van der Waals surface area contributed by atoms with Crippen molar-refractivity contribution in [3.05, 3.63) is 34.9 Å². The molecule has 4 heteroatoms. The van der Waals surface area contributed by atoms with Gasteiger partial charge in [-0.15, -0.1) is 0 Å². The smallest absolute Gasteiger partial charge is 0.0962 e. The Bertz CT molecular complexity index is 509. The highest BCUT2D eigenvalue weighted by Gasteiger charge is 2.43. The first-order chi connectivity index (χ1) is 11.6. The van der Waals surface area contributed by atoms with Gasteiger partial charge in [-0.3, -0.25) is 4.90 Å². The number of morpholine rings is 1. The van der Waals surface area contributed by atoms with Crippen molar-refractivity contribution in [2.45, 2.75) is 44.6 Å². The molecule has 0 aromatic heterocycles. The van der Waals surface area contributed by atoms with Gasteiger partial charge in [0.05, 0.1) is 18.8 Å². The van der Waals surface area contributed by atoms with E-state index in [0.29, 0.717) is 5.92 Å². The highest BCUT2D eigenvalue weighted by Crippen LogP contribution is 2.44. The van der Waals surface area contributed by atoms with Gasteiger partial charge in [0.1, 0.15) is 0 Å². The predicted molar refractivity (Wildman–Crippen MR) is 98.3 cm³/mol. The summed E-state index contributed by atoms with van der Waals surface area (Å²) in [7, 11) is 0. The molecule has 1 N–H and O–H groups in total. The van der Waals surface area contributed by atoms with E-state index in [2.05, 4.69) is 11.8 Å². The highest BCUT2D eigenvalue weighted by atomic mass is 35.5. The van der Waals surface area contributed by atoms with Crippen molar-refractivity contribution in [3.8, 4) is 0 Å². The summed E-state index contributed by atoms with van der Waals surface area (Å²) >= 11 is 6.08. The number of nitrogens with zero attached hydrogens (tertiary/aromatic N) is 1. The second-order valence-electron chi connectivity index (χ2n) is 7.48. The molecule has 2 atom stereocenters. The van der Waals surface area contributed by atoms with Gasteiger partial charge in [0, 0.05) is 30.6 Å². The normalized spacial score (nSPS) is 24.5. The Hall–Kier alpha value is -0.610. The molecule has 1 aliphatic heterocycles. The van der Waals surface area contributed by atoms with Crippen LogP contribution in [0.15, 0.2) is 24.3 Å². The van der Waals surface area contributed by atoms with E-state index in [1.165, 1.54) is 19.3 Å². The molecular weight excluding hydrogens is 322 g/mol. The van der Waals surface area contributed by atoms with E-state index in [-0.39, 0.29) is 5.92 Å². The molecule has 0 amide bonds. The van der Waals surface area contributed by atoms with Crippen molar-refractivity contribution in [2.24, 2.45) is 11.8 Å². The molecule has 1 saturated heterocycles.